The number of ether oxygens (including phenoxy) is 1. The quantitative estimate of drug-likeness (QED) is 0.697. The molecule has 1 saturated heterocycles. The van der Waals surface area contributed by atoms with Gasteiger partial charge in [-0.05, 0) is 44.0 Å². The molecule has 0 spiro atoms. The normalized spacial score (nSPS) is 17.1. The van der Waals surface area contributed by atoms with Crippen molar-refractivity contribution in [3.63, 3.8) is 0 Å². The highest BCUT2D eigenvalue weighted by molar-refractivity contribution is 7.22. The molecule has 0 bridgehead atoms. The van der Waals surface area contributed by atoms with E-state index < -0.39 is 0 Å². The third-order valence-corrected chi connectivity index (χ3v) is 5.53. The van der Waals surface area contributed by atoms with E-state index in [-0.39, 0.29) is 12.0 Å². The molecule has 3 aromatic rings. The van der Waals surface area contributed by atoms with Gasteiger partial charge in [0.1, 0.15) is 0 Å². The minimum atomic E-state index is -0.0189. The molecule has 0 aliphatic carbocycles. The third kappa shape index (κ3) is 3.43. The molecule has 4 rings (SSSR count). The highest BCUT2D eigenvalue weighted by atomic mass is 32.1. The maximum atomic E-state index is 13.2. The first-order chi connectivity index (χ1) is 12.2. The van der Waals surface area contributed by atoms with Crippen molar-refractivity contribution in [2.45, 2.75) is 25.9 Å². The molecule has 1 unspecified atom stereocenters. The van der Waals surface area contributed by atoms with Crippen molar-refractivity contribution >= 4 is 32.6 Å². The number of amides is 1. The maximum Gasteiger partial charge on any atom is 0.260 e. The summed E-state index contributed by atoms with van der Waals surface area (Å²) in [6, 6.07) is 15.7. The summed E-state index contributed by atoms with van der Waals surface area (Å²) in [5.41, 5.74) is 2.75. The first-order valence-corrected chi connectivity index (χ1v) is 9.38. The van der Waals surface area contributed by atoms with Gasteiger partial charge in [0.15, 0.2) is 5.13 Å². The van der Waals surface area contributed by atoms with E-state index in [2.05, 4.69) is 4.98 Å². The minimum absolute atomic E-state index is 0.0189. The summed E-state index contributed by atoms with van der Waals surface area (Å²) in [6.07, 6.45) is 2.13. The highest BCUT2D eigenvalue weighted by Gasteiger charge is 2.26. The predicted octanol–water partition coefficient (Wildman–Crippen LogP) is 4.43. The van der Waals surface area contributed by atoms with Crippen LogP contribution in [0, 0.1) is 6.92 Å². The van der Waals surface area contributed by atoms with Gasteiger partial charge in [-0.1, -0.05) is 41.2 Å². The molecule has 4 nitrogen and oxygen atoms in total. The Morgan fingerprint density at radius 3 is 2.76 bits per heavy atom. The van der Waals surface area contributed by atoms with Crippen LogP contribution in [0.25, 0.3) is 10.2 Å². The predicted molar refractivity (Wildman–Crippen MR) is 101 cm³/mol. The Morgan fingerprint density at radius 1 is 1.24 bits per heavy atom. The molecule has 128 valence electrons. The fourth-order valence-corrected chi connectivity index (χ4v) is 4.04. The van der Waals surface area contributed by atoms with Gasteiger partial charge in [0.2, 0.25) is 0 Å². The van der Waals surface area contributed by atoms with Crippen molar-refractivity contribution in [3.8, 4) is 0 Å². The average molecular weight is 352 g/mol. The number of para-hydroxylation sites is 1. The van der Waals surface area contributed by atoms with Crippen molar-refractivity contribution < 1.29 is 9.53 Å². The van der Waals surface area contributed by atoms with Gasteiger partial charge in [0, 0.05) is 12.2 Å². The molecular formula is C20H20N2O2S. The number of fused-ring (bicyclic) bond motifs is 1. The Labute approximate surface area is 151 Å². The lowest BCUT2D eigenvalue weighted by Crippen LogP contribution is -2.37. The molecule has 1 aliphatic heterocycles. The fraction of sp³-hybridized carbons (Fsp3) is 0.300. The minimum Gasteiger partial charge on any atom is -0.376 e. The van der Waals surface area contributed by atoms with Crippen molar-refractivity contribution in [1.82, 2.24) is 4.98 Å². The summed E-state index contributed by atoms with van der Waals surface area (Å²) in [4.78, 5) is 19.6. The van der Waals surface area contributed by atoms with Crippen molar-refractivity contribution in [1.29, 1.82) is 0 Å². The molecule has 2 aromatic carbocycles. The Hall–Kier alpha value is -2.24. The number of hydrogen-bond acceptors (Lipinski definition) is 4. The smallest absolute Gasteiger partial charge is 0.260 e. The van der Waals surface area contributed by atoms with E-state index >= 15 is 0 Å². The number of hydrogen-bond donors (Lipinski definition) is 0. The molecule has 2 heterocycles. The second-order valence-corrected chi connectivity index (χ2v) is 7.39. The van der Waals surface area contributed by atoms with Gasteiger partial charge in [0.05, 0.1) is 22.9 Å². The molecule has 1 aliphatic rings. The lowest BCUT2D eigenvalue weighted by atomic mass is 10.1. The van der Waals surface area contributed by atoms with E-state index in [1.165, 1.54) is 0 Å². The number of benzene rings is 2. The van der Waals surface area contributed by atoms with Gasteiger partial charge in [-0.2, -0.15) is 0 Å². The lowest BCUT2D eigenvalue weighted by molar-refractivity contribution is 0.0917. The largest absolute Gasteiger partial charge is 0.376 e. The van der Waals surface area contributed by atoms with Gasteiger partial charge in [-0.3, -0.25) is 9.69 Å². The number of thiazole rings is 1. The van der Waals surface area contributed by atoms with Crippen LogP contribution in [0.2, 0.25) is 0 Å². The second-order valence-electron chi connectivity index (χ2n) is 6.38. The fourth-order valence-electron chi connectivity index (χ4n) is 3.07. The number of carbonyl (C=O) groups is 1. The van der Waals surface area contributed by atoms with Crippen LogP contribution in [0.4, 0.5) is 5.13 Å². The molecule has 1 amide bonds. The van der Waals surface area contributed by atoms with Crippen LogP contribution in [0.3, 0.4) is 0 Å². The van der Waals surface area contributed by atoms with E-state index in [1.54, 1.807) is 16.2 Å². The molecule has 5 heteroatoms. The summed E-state index contributed by atoms with van der Waals surface area (Å²) < 4.78 is 6.86. The Balaban J connectivity index is 1.69. The highest BCUT2D eigenvalue weighted by Crippen LogP contribution is 2.30. The van der Waals surface area contributed by atoms with Gasteiger partial charge in [0.25, 0.3) is 5.91 Å². The van der Waals surface area contributed by atoms with Crippen molar-refractivity contribution in [2.24, 2.45) is 0 Å². The number of anilines is 1. The number of aryl methyl sites for hydroxylation is 1. The van der Waals surface area contributed by atoms with E-state index in [0.717, 1.165) is 40.4 Å². The van der Waals surface area contributed by atoms with E-state index in [4.69, 9.17) is 4.74 Å². The topological polar surface area (TPSA) is 42.4 Å². The summed E-state index contributed by atoms with van der Waals surface area (Å²) in [5, 5.41) is 0.738. The molecule has 1 atom stereocenters. The number of aromatic nitrogens is 1. The lowest BCUT2D eigenvalue weighted by Gasteiger charge is -2.23. The third-order valence-electron chi connectivity index (χ3n) is 4.47. The number of rotatable bonds is 4. The van der Waals surface area contributed by atoms with Crippen LogP contribution >= 0.6 is 11.3 Å². The zero-order valence-corrected chi connectivity index (χ0v) is 15.0. The SMILES string of the molecule is Cc1ccc(C(=O)N(CC2CCCO2)c2nc3ccccc3s2)cc1. The monoisotopic (exact) mass is 352 g/mol. The first-order valence-electron chi connectivity index (χ1n) is 8.56. The van der Waals surface area contributed by atoms with Crippen LogP contribution in [-0.2, 0) is 4.74 Å². The van der Waals surface area contributed by atoms with Crippen LogP contribution in [0.5, 0.6) is 0 Å². The summed E-state index contributed by atoms with van der Waals surface area (Å²) in [6.45, 7) is 3.34. The van der Waals surface area contributed by atoms with Gasteiger partial charge < -0.3 is 4.74 Å². The standard InChI is InChI=1S/C20H20N2O2S/c1-14-8-10-15(11-9-14)19(23)22(13-16-5-4-12-24-16)20-21-17-6-2-3-7-18(17)25-20/h2-3,6-11,16H,4-5,12-13H2,1H3. The van der Waals surface area contributed by atoms with Gasteiger partial charge in [-0.25, -0.2) is 4.98 Å². The molecular weight excluding hydrogens is 332 g/mol. The number of carbonyl (C=O) groups excluding carboxylic acids is 1. The Kier molecular flexibility index (Phi) is 4.51. The molecule has 1 aromatic heterocycles. The molecule has 0 radical (unpaired) electrons. The zero-order chi connectivity index (χ0) is 17.2. The molecule has 0 saturated carbocycles. The average Bonchev–Trinajstić information content (AvgIpc) is 3.29. The Bertz CT molecular complexity index is 849. The summed E-state index contributed by atoms with van der Waals surface area (Å²) >= 11 is 1.55. The van der Waals surface area contributed by atoms with E-state index in [1.807, 2.05) is 55.5 Å². The van der Waals surface area contributed by atoms with Crippen LogP contribution in [0.15, 0.2) is 48.5 Å². The Morgan fingerprint density at radius 2 is 2.04 bits per heavy atom. The van der Waals surface area contributed by atoms with E-state index in [9.17, 15) is 4.79 Å². The summed E-state index contributed by atoms with van der Waals surface area (Å²) in [7, 11) is 0. The summed E-state index contributed by atoms with van der Waals surface area (Å²) in [5.74, 6) is -0.0189. The maximum absolute atomic E-state index is 13.2. The molecule has 0 N–H and O–H groups in total. The second kappa shape index (κ2) is 6.94. The first kappa shape index (κ1) is 16.2. The van der Waals surface area contributed by atoms with Crippen LogP contribution in [0.1, 0.15) is 28.8 Å². The number of nitrogens with zero attached hydrogens (tertiary/aromatic N) is 2. The van der Waals surface area contributed by atoms with Crippen molar-refractivity contribution in [2.75, 3.05) is 18.1 Å². The molecule has 1 fully saturated rings. The van der Waals surface area contributed by atoms with Crippen molar-refractivity contribution in [3.05, 3.63) is 59.7 Å². The molecule has 25 heavy (non-hydrogen) atoms. The van der Waals surface area contributed by atoms with E-state index in [0.29, 0.717) is 12.1 Å². The van der Waals surface area contributed by atoms with Crippen LogP contribution < -0.4 is 4.90 Å². The van der Waals surface area contributed by atoms with Gasteiger partial charge in [-0.15, -0.1) is 0 Å². The van der Waals surface area contributed by atoms with Crippen LogP contribution in [-0.4, -0.2) is 30.1 Å². The van der Waals surface area contributed by atoms with Gasteiger partial charge >= 0.3 is 0 Å². The zero-order valence-electron chi connectivity index (χ0n) is 14.1.